The molecule has 5 N–H and O–H groups in total. The van der Waals surface area contributed by atoms with E-state index >= 15 is 0 Å². The molecule has 1 aromatic rings. The smallest absolute Gasteiger partial charge is 0.267 e. The number of nitrogens with zero attached hydrogens (tertiary/aromatic N) is 1. The lowest BCUT2D eigenvalue weighted by molar-refractivity contribution is -0.118. The Morgan fingerprint density at radius 3 is 2.67 bits per heavy atom. The average Bonchev–Trinajstić information content (AvgIpc) is 2.18. The van der Waals surface area contributed by atoms with Crippen LogP contribution in [0.5, 0.6) is 0 Å². The lowest BCUT2D eigenvalue weighted by Crippen LogP contribution is -2.32. The third-order valence-electron chi connectivity index (χ3n) is 1.82. The zero-order valence-corrected chi connectivity index (χ0v) is 8.23. The van der Waals surface area contributed by atoms with Crippen molar-refractivity contribution in [3.8, 4) is 0 Å². The number of rotatable bonds is 4. The highest BCUT2D eigenvalue weighted by atomic mass is 16.1. The normalized spacial score (nSPS) is 11.8. The van der Waals surface area contributed by atoms with Crippen LogP contribution in [0.15, 0.2) is 18.3 Å². The maximum atomic E-state index is 10.8. The van der Waals surface area contributed by atoms with Crippen molar-refractivity contribution in [2.45, 2.75) is 13.0 Å². The molecule has 0 saturated heterocycles. The molecule has 0 aliphatic carbocycles. The fourth-order valence-corrected chi connectivity index (χ4v) is 0.976. The van der Waals surface area contributed by atoms with Crippen LogP contribution in [0, 0.1) is 0 Å². The van der Waals surface area contributed by atoms with Crippen LogP contribution < -0.4 is 16.8 Å². The Bertz CT molecular complexity index is 391. The van der Waals surface area contributed by atoms with E-state index in [4.69, 9.17) is 11.5 Å². The molecule has 2 amide bonds. The van der Waals surface area contributed by atoms with Crippen molar-refractivity contribution in [3.63, 3.8) is 0 Å². The lowest BCUT2D eigenvalue weighted by Gasteiger charge is -2.11. The van der Waals surface area contributed by atoms with Crippen molar-refractivity contribution in [2.75, 3.05) is 5.32 Å². The van der Waals surface area contributed by atoms with Crippen LogP contribution in [-0.4, -0.2) is 22.8 Å². The molecule has 1 atom stereocenters. The second-order valence-electron chi connectivity index (χ2n) is 3.06. The van der Waals surface area contributed by atoms with E-state index in [1.165, 1.54) is 12.3 Å². The van der Waals surface area contributed by atoms with Crippen molar-refractivity contribution < 1.29 is 9.59 Å². The Morgan fingerprint density at radius 2 is 2.13 bits per heavy atom. The van der Waals surface area contributed by atoms with Gasteiger partial charge in [0.1, 0.15) is 11.7 Å². The van der Waals surface area contributed by atoms with Crippen molar-refractivity contribution >= 4 is 17.5 Å². The maximum absolute atomic E-state index is 10.8. The molecular formula is C9H12N4O2. The summed E-state index contributed by atoms with van der Waals surface area (Å²) in [6, 6.07) is 2.56. The van der Waals surface area contributed by atoms with Crippen LogP contribution >= 0.6 is 0 Å². The summed E-state index contributed by atoms with van der Waals surface area (Å²) in [5, 5.41) is 2.81. The molecule has 0 spiro atoms. The van der Waals surface area contributed by atoms with Crippen LogP contribution in [0.1, 0.15) is 17.4 Å². The molecular weight excluding hydrogens is 196 g/mol. The van der Waals surface area contributed by atoms with Gasteiger partial charge in [0.15, 0.2) is 0 Å². The topological polar surface area (TPSA) is 111 Å². The largest absolute Gasteiger partial charge is 0.374 e. The molecule has 0 radical (unpaired) electrons. The van der Waals surface area contributed by atoms with Crippen molar-refractivity contribution in [3.05, 3.63) is 24.0 Å². The van der Waals surface area contributed by atoms with Gasteiger partial charge >= 0.3 is 0 Å². The van der Waals surface area contributed by atoms with E-state index < -0.39 is 17.9 Å². The highest BCUT2D eigenvalue weighted by molar-refractivity contribution is 5.91. The van der Waals surface area contributed by atoms with E-state index in [1.54, 1.807) is 13.0 Å². The van der Waals surface area contributed by atoms with Gasteiger partial charge < -0.3 is 16.8 Å². The fourth-order valence-electron chi connectivity index (χ4n) is 0.976. The van der Waals surface area contributed by atoms with Gasteiger partial charge in [-0.3, -0.25) is 14.6 Å². The van der Waals surface area contributed by atoms with Gasteiger partial charge in [0.2, 0.25) is 5.91 Å². The van der Waals surface area contributed by atoms with Crippen LogP contribution in [0.2, 0.25) is 0 Å². The number of pyridine rings is 1. The molecule has 6 heteroatoms. The number of carbonyl (C=O) groups is 2. The van der Waals surface area contributed by atoms with E-state index in [0.717, 1.165) is 0 Å². The van der Waals surface area contributed by atoms with Gasteiger partial charge in [-0.15, -0.1) is 0 Å². The van der Waals surface area contributed by atoms with E-state index in [1.807, 2.05) is 0 Å². The maximum Gasteiger partial charge on any atom is 0.267 e. The number of nitrogens with one attached hydrogen (secondary N) is 1. The quantitative estimate of drug-likeness (QED) is 0.617. The molecule has 0 bridgehead atoms. The van der Waals surface area contributed by atoms with Gasteiger partial charge in [0.25, 0.3) is 5.91 Å². The monoisotopic (exact) mass is 208 g/mol. The first-order valence-corrected chi connectivity index (χ1v) is 4.32. The molecule has 0 aliphatic rings. The van der Waals surface area contributed by atoms with Gasteiger partial charge in [-0.2, -0.15) is 0 Å². The molecule has 1 rings (SSSR count). The van der Waals surface area contributed by atoms with Gasteiger partial charge in [-0.25, -0.2) is 0 Å². The molecule has 0 aliphatic heterocycles. The van der Waals surface area contributed by atoms with Crippen LogP contribution in [0.4, 0.5) is 5.69 Å². The summed E-state index contributed by atoms with van der Waals surface area (Å²) in [4.78, 5) is 25.3. The number of hydrogen-bond acceptors (Lipinski definition) is 4. The molecule has 0 saturated carbocycles. The lowest BCUT2D eigenvalue weighted by atomic mass is 10.2. The Hall–Kier alpha value is -2.11. The predicted octanol–water partition coefficient (Wildman–Crippen LogP) is -0.534. The molecule has 1 unspecified atom stereocenters. The minimum absolute atomic E-state index is 0.136. The summed E-state index contributed by atoms with van der Waals surface area (Å²) in [7, 11) is 0. The minimum Gasteiger partial charge on any atom is -0.374 e. The summed E-state index contributed by atoms with van der Waals surface area (Å²) in [5.74, 6) is -1.10. The Kier molecular flexibility index (Phi) is 3.22. The molecule has 1 heterocycles. The number of nitrogens with two attached hydrogens (primary N) is 2. The Labute approximate surface area is 86.7 Å². The highest BCUT2D eigenvalue weighted by Crippen LogP contribution is 2.08. The fraction of sp³-hybridized carbons (Fsp3) is 0.222. The summed E-state index contributed by atoms with van der Waals surface area (Å²) in [6.07, 6.45) is 1.43. The van der Waals surface area contributed by atoms with Crippen LogP contribution in [0.25, 0.3) is 0 Å². The molecule has 0 fully saturated rings. The summed E-state index contributed by atoms with van der Waals surface area (Å²) >= 11 is 0. The number of primary amides is 2. The summed E-state index contributed by atoms with van der Waals surface area (Å²) in [5.41, 5.74) is 10.8. The average molecular weight is 208 g/mol. The molecule has 1 aromatic heterocycles. The predicted molar refractivity (Wildman–Crippen MR) is 55.0 cm³/mol. The highest BCUT2D eigenvalue weighted by Gasteiger charge is 2.09. The molecule has 0 aromatic carbocycles. The first kappa shape index (κ1) is 11.0. The van der Waals surface area contributed by atoms with Gasteiger partial charge in [0, 0.05) is 11.9 Å². The summed E-state index contributed by atoms with van der Waals surface area (Å²) < 4.78 is 0. The third-order valence-corrected chi connectivity index (χ3v) is 1.82. The van der Waals surface area contributed by atoms with Gasteiger partial charge in [0.05, 0.1) is 0 Å². The third kappa shape index (κ3) is 2.94. The minimum atomic E-state index is -0.620. The Morgan fingerprint density at radius 1 is 1.47 bits per heavy atom. The van der Waals surface area contributed by atoms with E-state index in [-0.39, 0.29) is 5.69 Å². The van der Waals surface area contributed by atoms with E-state index in [9.17, 15) is 9.59 Å². The van der Waals surface area contributed by atoms with E-state index in [2.05, 4.69) is 10.3 Å². The number of anilines is 1. The van der Waals surface area contributed by atoms with Crippen molar-refractivity contribution in [1.82, 2.24) is 4.98 Å². The zero-order chi connectivity index (χ0) is 11.4. The number of amides is 2. The van der Waals surface area contributed by atoms with Crippen molar-refractivity contribution in [2.24, 2.45) is 11.5 Å². The number of aromatic nitrogens is 1. The van der Waals surface area contributed by atoms with Crippen LogP contribution in [-0.2, 0) is 4.79 Å². The number of hydrogen-bond donors (Lipinski definition) is 3. The van der Waals surface area contributed by atoms with Crippen LogP contribution in [0.3, 0.4) is 0 Å². The first-order chi connectivity index (χ1) is 7.00. The zero-order valence-electron chi connectivity index (χ0n) is 8.23. The second kappa shape index (κ2) is 4.41. The summed E-state index contributed by atoms with van der Waals surface area (Å²) in [6.45, 7) is 1.62. The van der Waals surface area contributed by atoms with Crippen molar-refractivity contribution in [1.29, 1.82) is 0 Å². The van der Waals surface area contributed by atoms with E-state index in [0.29, 0.717) is 5.69 Å². The SMILES string of the molecule is CC(Nc1ccnc(C(N)=O)c1)C(N)=O. The standard InChI is InChI=1S/C9H12N4O2/c1-5(8(10)14)13-6-2-3-12-7(4-6)9(11)15/h2-5H,1H3,(H2,10,14)(H2,11,15)(H,12,13). The van der Waals surface area contributed by atoms with Gasteiger partial charge in [-0.05, 0) is 19.1 Å². The Balaban J connectivity index is 2.82. The first-order valence-electron chi connectivity index (χ1n) is 4.32. The molecule has 6 nitrogen and oxygen atoms in total. The molecule has 15 heavy (non-hydrogen) atoms. The second-order valence-corrected chi connectivity index (χ2v) is 3.06. The molecule has 80 valence electrons. The number of carbonyl (C=O) groups excluding carboxylic acids is 2. The van der Waals surface area contributed by atoms with Gasteiger partial charge in [-0.1, -0.05) is 0 Å².